The van der Waals surface area contributed by atoms with Gasteiger partial charge in [-0.3, -0.25) is 4.98 Å². The van der Waals surface area contributed by atoms with Crippen molar-refractivity contribution in [2.75, 3.05) is 38.5 Å². The largest absolute Gasteiger partial charge is 0.497 e. The normalized spacial score (nSPS) is 11.7. The Hall–Kier alpha value is -4.46. The molecule has 8 nitrogen and oxygen atoms in total. The van der Waals surface area contributed by atoms with Crippen molar-refractivity contribution in [1.29, 1.82) is 0 Å². The van der Waals surface area contributed by atoms with E-state index in [4.69, 9.17) is 14.2 Å². The van der Waals surface area contributed by atoms with Gasteiger partial charge < -0.3 is 29.7 Å². The van der Waals surface area contributed by atoms with Crippen molar-refractivity contribution >= 4 is 28.3 Å². The minimum absolute atomic E-state index is 0.148. The minimum atomic E-state index is -0.148. The van der Waals surface area contributed by atoms with Crippen LogP contribution < -0.4 is 24.8 Å². The molecule has 1 unspecified atom stereocenters. The third-order valence-corrected chi connectivity index (χ3v) is 7.32. The van der Waals surface area contributed by atoms with Crippen LogP contribution >= 0.6 is 0 Å². The van der Waals surface area contributed by atoms with Crippen LogP contribution in [0.1, 0.15) is 50.7 Å². The molecule has 42 heavy (non-hydrogen) atoms. The van der Waals surface area contributed by atoms with Crippen molar-refractivity contribution in [3.63, 3.8) is 0 Å². The molecule has 8 heteroatoms. The number of ether oxygens (including phenoxy) is 3. The van der Waals surface area contributed by atoms with Crippen molar-refractivity contribution in [2.45, 2.75) is 52.1 Å². The molecular weight excluding hydrogens is 528 g/mol. The van der Waals surface area contributed by atoms with E-state index in [1.165, 1.54) is 5.56 Å². The lowest BCUT2D eigenvalue weighted by Gasteiger charge is -2.25. The highest BCUT2D eigenvalue weighted by atomic mass is 16.5. The summed E-state index contributed by atoms with van der Waals surface area (Å²) in [5, 5.41) is 7.70. The topological polar surface area (TPSA) is 85.0 Å². The van der Waals surface area contributed by atoms with Gasteiger partial charge in [-0.2, -0.15) is 0 Å². The first-order valence-corrected chi connectivity index (χ1v) is 14.4. The Balaban J connectivity index is 1.45. The fourth-order valence-electron chi connectivity index (χ4n) is 4.92. The van der Waals surface area contributed by atoms with E-state index >= 15 is 0 Å². The predicted octanol–water partition coefficient (Wildman–Crippen LogP) is 7.70. The van der Waals surface area contributed by atoms with Gasteiger partial charge in [-0.25, -0.2) is 4.79 Å². The molecule has 0 bridgehead atoms. The highest BCUT2D eigenvalue weighted by molar-refractivity contribution is 5.92. The van der Waals surface area contributed by atoms with Crippen molar-refractivity contribution in [3.8, 4) is 17.2 Å². The minimum Gasteiger partial charge on any atom is -0.497 e. The summed E-state index contributed by atoms with van der Waals surface area (Å²) >= 11 is 0. The fraction of sp³-hybridized carbons (Fsp3) is 0.353. The molecule has 1 aromatic heterocycles. The number of benzene rings is 3. The summed E-state index contributed by atoms with van der Waals surface area (Å²) in [6, 6.07) is 21.7. The lowest BCUT2D eigenvalue weighted by atomic mass is 10.0. The maximum absolute atomic E-state index is 13.5. The first-order valence-electron chi connectivity index (χ1n) is 14.4. The molecule has 0 aliphatic rings. The number of methoxy groups -OCH3 is 3. The van der Waals surface area contributed by atoms with E-state index in [2.05, 4.69) is 48.5 Å². The zero-order valence-corrected chi connectivity index (χ0v) is 25.4. The van der Waals surface area contributed by atoms with E-state index in [1.807, 2.05) is 59.5 Å². The van der Waals surface area contributed by atoms with E-state index in [0.29, 0.717) is 30.5 Å². The van der Waals surface area contributed by atoms with Gasteiger partial charge in [0.05, 0.1) is 32.5 Å². The van der Waals surface area contributed by atoms with Crippen LogP contribution in [0.3, 0.4) is 0 Å². The quantitative estimate of drug-likeness (QED) is 0.171. The van der Waals surface area contributed by atoms with Crippen LogP contribution in [0.25, 0.3) is 10.9 Å². The summed E-state index contributed by atoms with van der Waals surface area (Å²) in [6.07, 6.45) is 3.45. The van der Waals surface area contributed by atoms with Gasteiger partial charge >= 0.3 is 6.03 Å². The molecule has 0 aliphatic heterocycles. The summed E-state index contributed by atoms with van der Waals surface area (Å²) in [4.78, 5) is 19.9. The lowest BCUT2D eigenvalue weighted by molar-refractivity contribution is 0.207. The highest BCUT2D eigenvalue weighted by Crippen LogP contribution is 2.30. The van der Waals surface area contributed by atoms with Crippen molar-refractivity contribution in [3.05, 3.63) is 84.1 Å². The number of aromatic nitrogens is 1. The Morgan fingerprint density at radius 1 is 0.905 bits per heavy atom. The summed E-state index contributed by atoms with van der Waals surface area (Å²) in [6.45, 7) is 7.46. The molecule has 1 atom stereocenters. The van der Waals surface area contributed by atoms with Crippen molar-refractivity contribution < 1.29 is 19.0 Å². The standard InChI is InChI=1S/C34H42N4O4/c1-23(2)26-12-14-28(15-13-26)37-34(39)38(22-25-11-16-31(41-5)32(19-25)42-6)18-8-9-24(3)36-30-21-29(40-4)20-27-10-7-17-35-33(27)30/h7,10-17,19-21,23-24,36H,8-9,18,22H2,1-6H3,(H,37,39). The number of fused-ring (bicyclic) bond motifs is 1. The van der Waals surface area contributed by atoms with Crippen LogP contribution in [-0.4, -0.2) is 49.8 Å². The molecule has 0 fully saturated rings. The number of nitrogens with one attached hydrogen (secondary N) is 2. The molecule has 4 rings (SSSR count). The van der Waals surface area contributed by atoms with Gasteiger partial charge in [0.1, 0.15) is 5.75 Å². The summed E-state index contributed by atoms with van der Waals surface area (Å²) in [7, 11) is 4.89. The number of amides is 2. The Kier molecular flexibility index (Phi) is 10.5. The van der Waals surface area contributed by atoms with Crippen LogP contribution in [0.15, 0.2) is 72.9 Å². The van der Waals surface area contributed by atoms with Crippen LogP contribution in [-0.2, 0) is 6.54 Å². The zero-order chi connectivity index (χ0) is 30.1. The van der Waals surface area contributed by atoms with Crippen molar-refractivity contribution in [1.82, 2.24) is 9.88 Å². The number of nitrogens with zero attached hydrogens (tertiary/aromatic N) is 2. The molecular formula is C34H42N4O4. The van der Waals surface area contributed by atoms with Crippen LogP contribution in [0, 0.1) is 0 Å². The molecule has 3 aromatic carbocycles. The maximum atomic E-state index is 13.5. The molecule has 2 amide bonds. The Labute approximate surface area is 249 Å². The van der Waals surface area contributed by atoms with Crippen LogP contribution in [0.2, 0.25) is 0 Å². The number of carbonyl (C=O) groups excluding carboxylic acids is 1. The monoisotopic (exact) mass is 570 g/mol. The highest BCUT2D eigenvalue weighted by Gasteiger charge is 2.17. The van der Waals surface area contributed by atoms with Gasteiger partial charge in [0.15, 0.2) is 11.5 Å². The third kappa shape index (κ3) is 7.84. The zero-order valence-electron chi connectivity index (χ0n) is 25.4. The molecule has 0 saturated heterocycles. The smallest absolute Gasteiger partial charge is 0.322 e. The summed E-state index contributed by atoms with van der Waals surface area (Å²) < 4.78 is 16.4. The number of urea groups is 1. The van der Waals surface area contributed by atoms with Crippen molar-refractivity contribution in [2.24, 2.45) is 0 Å². The Morgan fingerprint density at radius 3 is 2.36 bits per heavy atom. The third-order valence-electron chi connectivity index (χ3n) is 7.32. The van der Waals surface area contributed by atoms with E-state index < -0.39 is 0 Å². The number of rotatable bonds is 13. The van der Waals surface area contributed by atoms with Gasteiger partial charge in [-0.05, 0) is 73.2 Å². The number of carbonyl (C=O) groups is 1. The second kappa shape index (κ2) is 14.4. The summed E-state index contributed by atoms with van der Waals surface area (Å²) in [5.41, 5.74) is 4.80. The van der Waals surface area contributed by atoms with E-state index in [-0.39, 0.29) is 12.1 Å². The molecule has 222 valence electrons. The second-order valence-corrected chi connectivity index (χ2v) is 10.8. The van der Waals surface area contributed by atoms with E-state index in [1.54, 1.807) is 27.5 Å². The first kappa shape index (κ1) is 30.5. The first-order chi connectivity index (χ1) is 20.3. The van der Waals surface area contributed by atoms with E-state index in [0.717, 1.165) is 46.4 Å². The molecule has 1 heterocycles. The lowest BCUT2D eigenvalue weighted by Crippen LogP contribution is -2.35. The number of pyridine rings is 1. The van der Waals surface area contributed by atoms with Gasteiger partial charge in [-0.1, -0.05) is 38.1 Å². The van der Waals surface area contributed by atoms with Gasteiger partial charge in [0.2, 0.25) is 0 Å². The molecule has 0 saturated carbocycles. The van der Waals surface area contributed by atoms with Gasteiger partial charge in [-0.15, -0.1) is 0 Å². The predicted molar refractivity (Wildman–Crippen MR) is 170 cm³/mol. The Morgan fingerprint density at radius 2 is 1.67 bits per heavy atom. The van der Waals surface area contributed by atoms with E-state index in [9.17, 15) is 4.79 Å². The van der Waals surface area contributed by atoms with Crippen LogP contribution in [0.4, 0.5) is 16.2 Å². The average molecular weight is 571 g/mol. The molecule has 4 aromatic rings. The molecule has 2 N–H and O–H groups in total. The average Bonchev–Trinajstić information content (AvgIpc) is 3.00. The van der Waals surface area contributed by atoms with Gasteiger partial charge in [0, 0.05) is 42.5 Å². The molecule has 0 radical (unpaired) electrons. The fourth-order valence-corrected chi connectivity index (χ4v) is 4.92. The second-order valence-electron chi connectivity index (χ2n) is 10.8. The molecule has 0 spiro atoms. The summed E-state index contributed by atoms with van der Waals surface area (Å²) in [5.74, 6) is 2.50. The SMILES string of the molecule is COc1cc(NC(C)CCCN(Cc2ccc(OC)c(OC)c2)C(=O)Nc2ccc(C(C)C)cc2)c2ncccc2c1. The van der Waals surface area contributed by atoms with Crippen LogP contribution in [0.5, 0.6) is 17.2 Å². The maximum Gasteiger partial charge on any atom is 0.322 e. The number of anilines is 2. The molecule has 0 aliphatic carbocycles. The van der Waals surface area contributed by atoms with Gasteiger partial charge in [0.25, 0.3) is 0 Å². The number of hydrogen-bond acceptors (Lipinski definition) is 6. The Bertz CT molecular complexity index is 1470. The number of hydrogen-bond donors (Lipinski definition) is 2.